The number of rotatable bonds is 3. The Morgan fingerprint density at radius 1 is 1.39 bits per heavy atom. The van der Waals surface area contributed by atoms with Crippen LogP contribution in [0.25, 0.3) is 0 Å². The first-order valence-electron chi connectivity index (χ1n) is 6.03. The van der Waals surface area contributed by atoms with Gasteiger partial charge in [-0.3, -0.25) is 9.59 Å². The van der Waals surface area contributed by atoms with E-state index in [0.29, 0.717) is 18.0 Å². The van der Waals surface area contributed by atoms with Crippen LogP contribution >= 0.6 is 11.3 Å². The minimum Gasteiger partial charge on any atom is -0.481 e. The fourth-order valence-corrected chi connectivity index (χ4v) is 3.04. The molecule has 2 rings (SSSR count). The van der Waals surface area contributed by atoms with Crippen LogP contribution in [0, 0.1) is 18.8 Å². The van der Waals surface area contributed by atoms with Gasteiger partial charge < -0.3 is 10.4 Å². The lowest BCUT2D eigenvalue weighted by molar-refractivity contribution is -0.147. The predicted octanol–water partition coefficient (Wildman–Crippen LogP) is 2.28. The van der Waals surface area contributed by atoms with Crippen LogP contribution in [0.1, 0.15) is 31.4 Å². The fourth-order valence-electron chi connectivity index (χ4n) is 2.35. The Morgan fingerprint density at radius 3 is 2.61 bits per heavy atom. The molecular weight excluding hydrogens is 252 g/mol. The van der Waals surface area contributed by atoms with Crippen molar-refractivity contribution in [3.05, 3.63) is 11.1 Å². The van der Waals surface area contributed by atoms with E-state index in [4.69, 9.17) is 5.11 Å². The van der Waals surface area contributed by atoms with E-state index in [9.17, 15) is 9.59 Å². The summed E-state index contributed by atoms with van der Waals surface area (Å²) in [7, 11) is 0. The van der Waals surface area contributed by atoms with Crippen molar-refractivity contribution in [1.29, 1.82) is 0 Å². The molecule has 1 aliphatic rings. The third-order valence-corrected chi connectivity index (χ3v) is 4.14. The zero-order valence-corrected chi connectivity index (χ0v) is 11.0. The van der Waals surface area contributed by atoms with Crippen molar-refractivity contribution >= 4 is 28.3 Å². The maximum Gasteiger partial charge on any atom is 0.307 e. The highest BCUT2D eigenvalue weighted by molar-refractivity contribution is 7.13. The van der Waals surface area contributed by atoms with Gasteiger partial charge in [-0.25, -0.2) is 4.98 Å². The number of carboxylic acid groups (broad SMARTS) is 1. The lowest BCUT2D eigenvalue weighted by atomic mass is 9.79. The number of aryl methyl sites for hydroxylation is 1. The number of amides is 1. The van der Waals surface area contributed by atoms with Gasteiger partial charge in [-0.1, -0.05) is 12.8 Å². The van der Waals surface area contributed by atoms with E-state index in [-0.39, 0.29) is 5.91 Å². The number of anilines is 1. The summed E-state index contributed by atoms with van der Waals surface area (Å²) in [4.78, 5) is 27.4. The summed E-state index contributed by atoms with van der Waals surface area (Å²) in [6.07, 6.45) is 3.04. The molecule has 1 aromatic heterocycles. The molecule has 5 nitrogen and oxygen atoms in total. The molecular formula is C12H16N2O3S. The SMILES string of the molecule is Cc1csc(NC(=O)[C@@H]2CCCC[C@@H]2C(=O)O)n1. The topological polar surface area (TPSA) is 79.3 Å². The fraction of sp³-hybridized carbons (Fsp3) is 0.583. The average Bonchev–Trinajstić information content (AvgIpc) is 2.74. The summed E-state index contributed by atoms with van der Waals surface area (Å²) < 4.78 is 0. The van der Waals surface area contributed by atoms with Gasteiger partial charge in [0, 0.05) is 5.38 Å². The smallest absolute Gasteiger partial charge is 0.307 e. The number of carbonyl (C=O) groups excluding carboxylic acids is 1. The van der Waals surface area contributed by atoms with Gasteiger partial charge in [0.25, 0.3) is 0 Å². The number of nitrogens with zero attached hydrogens (tertiary/aromatic N) is 1. The van der Waals surface area contributed by atoms with Crippen LogP contribution < -0.4 is 5.32 Å². The van der Waals surface area contributed by atoms with E-state index < -0.39 is 17.8 Å². The molecule has 0 saturated heterocycles. The van der Waals surface area contributed by atoms with Crippen LogP contribution in [0.2, 0.25) is 0 Å². The van der Waals surface area contributed by atoms with Crippen molar-refractivity contribution in [2.24, 2.45) is 11.8 Å². The second-order valence-corrected chi connectivity index (χ2v) is 5.48. The highest BCUT2D eigenvalue weighted by Crippen LogP contribution is 2.31. The van der Waals surface area contributed by atoms with Crippen LogP contribution in [0.5, 0.6) is 0 Å². The maximum absolute atomic E-state index is 12.1. The molecule has 0 aromatic carbocycles. The number of carbonyl (C=O) groups is 2. The number of hydrogen-bond acceptors (Lipinski definition) is 4. The standard InChI is InChI=1S/C12H16N2O3S/c1-7-6-18-12(13-7)14-10(15)8-4-2-3-5-9(8)11(16)17/h6,8-9H,2-5H2,1H3,(H,16,17)(H,13,14,15)/t8-,9+/m1/s1. The van der Waals surface area contributed by atoms with Crippen molar-refractivity contribution in [3.8, 4) is 0 Å². The largest absolute Gasteiger partial charge is 0.481 e. The summed E-state index contributed by atoms with van der Waals surface area (Å²) in [6, 6.07) is 0. The molecule has 1 heterocycles. The molecule has 18 heavy (non-hydrogen) atoms. The van der Waals surface area contributed by atoms with Gasteiger partial charge in [-0.15, -0.1) is 11.3 Å². The predicted molar refractivity (Wildman–Crippen MR) is 68.6 cm³/mol. The Labute approximate surface area is 109 Å². The summed E-state index contributed by atoms with van der Waals surface area (Å²) in [6.45, 7) is 1.85. The van der Waals surface area contributed by atoms with Gasteiger partial charge in [0.1, 0.15) is 0 Å². The maximum atomic E-state index is 12.1. The molecule has 0 unspecified atom stereocenters. The second kappa shape index (κ2) is 5.48. The monoisotopic (exact) mass is 268 g/mol. The molecule has 2 N–H and O–H groups in total. The Balaban J connectivity index is 2.04. The van der Waals surface area contributed by atoms with Gasteiger partial charge in [-0.2, -0.15) is 0 Å². The number of carboxylic acids is 1. The van der Waals surface area contributed by atoms with Gasteiger partial charge in [0.15, 0.2) is 5.13 Å². The van der Waals surface area contributed by atoms with Crippen molar-refractivity contribution in [3.63, 3.8) is 0 Å². The molecule has 1 saturated carbocycles. The van der Waals surface area contributed by atoms with Crippen LogP contribution in [0.15, 0.2) is 5.38 Å². The van der Waals surface area contributed by atoms with Crippen molar-refractivity contribution in [2.45, 2.75) is 32.6 Å². The van der Waals surface area contributed by atoms with Crippen molar-refractivity contribution in [1.82, 2.24) is 4.98 Å². The lowest BCUT2D eigenvalue weighted by Gasteiger charge is -2.26. The molecule has 0 spiro atoms. The van der Waals surface area contributed by atoms with Crippen LogP contribution in [0.3, 0.4) is 0 Å². The Kier molecular flexibility index (Phi) is 3.96. The number of nitrogens with one attached hydrogen (secondary N) is 1. The first-order valence-corrected chi connectivity index (χ1v) is 6.91. The van der Waals surface area contributed by atoms with Crippen LogP contribution in [-0.4, -0.2) is 22.0 Å². The third-order valence-electron chi connectivity index (χ3n) is 3.27. The minimum absolute atomic E-state index is 0.212. The summed E-state index contributed by atoms with van der Waals surface area (Å²) in [5.41, 5.74) is 0.855. The Hall–Kier alpha value is -1.43. The van der Waals surface area contributed by atoms with Gasteiger partial charge in [-0.05, 0) is 19.8 Å². The Bertz CT molecular complexity index is 458. The van der Waals surface area contributed by atoms with Crippen molar-refractivity contribution < 1.29 is 14.7 Å². The van der Waals surface area contributed by atoms with E-state index in [0.717, 1.165) is 18.5 Å². The van der Waals surface area contributed by atoms with Crippen LogP contribution in [0.4, 0.5) is 5.13 Å². The summed E-state index contributed by atoms with van der Waals surface area (Å²) >= 11 is 1.36. The highest BCUT2D eigenvalue weighted by Gasteiger charge is 2.35. The molecule has 2 atom stereocenters. The lowest BCUT2D eigenvalue weighted by Crippen LogP contribution is -2.36. The van der Waals surface area contributed by atoms with Gasteiger partial charge >= 0.3 is 5.97 Å². The minimum atomic E-state index is -0.870. The number of thiazole rings is 1. The number of aliphatic carboxylic acids is 1. The summed E-state index contributed by atoms with van der Waals surface area (Å²) in [5.74, 6) is -2.07. The van der Waals surface area contributed by atoms with Gasteiger partial charge in [0.05, 0.1) is 17.5 Å². The first-order chi connectivity index (χ1) is 8.58. The van der Waals surface area contributed by atoms with E-state index >= 15 is 0 Å². The molecule has 98 valence electrons. The third kappa shape index (κ3) is 2.87. The molecule has 0 bridgehead atoms. The van der Waals surface area contributed by atoms with E-state index in [1.807, 2.05) is 12.3 Å². The quantitative estimate of drug-likeness (QED) is 0.881. The van der Waals surface area contributed by atoms with Gasteiger partial charge in [0.2, 0.25) is 5.91 Å². The van der Waals surface area contributed by atoms with E-state index in [1.54, 1.807) is 0 Å². The normalized spacial score (nSPS) is 23.6. The Morgan fingerprint density at radius 2 is 2.06 bits per heavy atom. The highest BCUT2D eigenvalue weighted by atomic mass is 32.1. The second-order valence-electron chi connectivity index (χ2n) is 4.62. The number of hydrogen-bond donors (Lipinski definition) is 2. The van der Waals surface area contributed by atoms with Crippen molar-refractivity contribution in [2.75, 3.05) is 5.32 Å². The molecule has 1 fully saturated rings. The van der Waals surface area contributed by atoms with E-state index in [1.165, 1.54) is 11.3 Å². The van der Waals surface area contributed by atoms with E-state index in [2.05, 4.69) is 10.3 Å². The summed E-state index contributed by atoms with van der Waals surface area (Å²) in [5, 5.41) is 14.3. The molecule has 6 heteroatoms. The molecule has 1 aliphatic carbocycles. The molecule has 1 aromatic rings. The van der Waals surface area contributed by atoms with Crippen LogP contribution in [-0.2, 0) is 9.59 Å². The zero-order chi connectivity index (χ0) is 13.1. The zero-order valence-electron chi connectivity index (χ0n) is 10.2. The molecule has 0 aliphatic heterocycles. The first kappa shape index (κ1) is 13.0. The molecule has 0 radical (unpaired) electrons. The molecule has 1 amide bonds. The average molecular weight is 268 g/mol. The number of aromatic nitrogens is 1.